The molecule has 4 rings (SSSR count). The van der Waals surface area contributed by atoms with Gasteiger partial charge in [-0.15, -0.1) is 11.3 Å². The number of amides is 2. The van der Waals surface area contributed by atoms with E-state index in [1.807, 2.05) is 60.8 Å². The highest BCUT2D eigenvalue weighted by Crippen LogP contribution is 2.44. The number of alkyl carbamates (subject to hydrolysis) is 1. The van der Waals surface area contributed by atoms with Crippen molar-refractivity contribution < 1.29 is 24.2 Å². The van der Waals surface area contributed by atoms with Crippen molar-refractivity contribution in [1.82, 2.24) is 15.2 Å². The SMILES string of the molecule is Cc1csc(CN(C)C(=O)C(CC(=O)O)NC(=O)OCC2c3ccccc3-c3ccccc32)n1. The normalized spacial score (nSPS) is 13.0. The van der Waals surface area contributed by atoms with Crippen LogP contribution in [0, 0.1) is 6.92 Å². The monoisotopic (exact) mass is 479 g/mol. The molecular formula is C25H25N3O5S. The molecule has 0 aliphatic heterocycles. The molecule has 0 spiro atoms. The number of carboxylic acids is 1. The van der Waals surface area contributed by atoms with Gasteiger partial charge in [0.2, 0.25) is 5.91 Å². The highest BCUT2D eigenvalue weighted by Gasteiger charge is 2.31. The van der Waals surface area contributed by atoms with Gasteiger partial charge in [-0.3, -0.25) is 9.59 Å². The predicted octanol–water partition coefficient (Wildman–Crippen LogP) is 3.79. The number of likely N-dealkylation sites (N-methyl/N-ethyl adjacent to an activating group) is 1. The standard InChI is InChI=1S/C25H25N3O5S/c1-15-14-34-22(26-15)12-28(2)24(31)21(11-23(29)30)27-25(32)33-13-20-18-9-5-3-7-16(18)17-8-4-6-10-19(17)20/h3-10,14,20-21H,11-13H2,1-2H3,(H,27,32)(H,29,30). The third-order valence-corrected chi connectivity index (χ3v) is 6.68. The Morgan fingerprint density at radius 1 is 1.12 bits per heavy atom. The molecule has 0 bridgehead atoms. The summed E-state index contributed by atoms with van der Waals surface area (Å²) in [6, 6.07) is 14.7. The van der Waals surface area contributed by atoms with Crippen LogP contribution >= 0.6 is 11.3 Å². The molecule has 9 heteroatoms. The van der Waals surface area contributed by atoms with Crippen molar-refractivity contribution in [1.29, 1.82) is 0 Å². The number of carbonyl (C=O) groups excluding carboxylic acids is 2. The van der Waals surface area contributed by atoms with Gasteiger partial charge in [-0.1, -0.05) is 48.5 Å². The van der Waals surface area contributed by atoms with Crippen LogP contribution in [0.25, 0.3) is 11.1 Å². The Labute approximate surface area is 201 Å². The number of aryl methyl sites for hydroxylation is 1. The van der Waals surface area contributed by atoms with Crippen molar-refractivity contribution in [3.63, 3.8) is 0 Å². The van der Waals surface area contributed by atoms with Gasteiger partial charge in [0.15, 0.2) is 0 Å². The van der Waals surface area contributed by atoms with E-state index < -0.39 is 30.4 Å². The number of benzene rings is 2. The summed E-state index contributed by atoms with van der Waals surface area (Å²) in [5.41, 5.74) is 5.18. The summed E-state index contributed by atoms with van der Waals surface area (Å²) in [6.45, 7) is 2.15. The van der Waals surface area contributed by atoms with E-state index in [2.05, 4.69) is 10.3 Å². The van der Waals surface area contributed by atoms with E-state index in [1.54, 1.807) is 7.05 Å². The Balaban J connectivity index is 1.41. The molecule has 2 N–H and O–H groups in total. The molecule has 0 radical (unpaired) electrons. The van der Waals surface area contributed by atoms with E-state index in [0.29, 0.717) is 0 Å². The average Bonchev–Trinajstić information content (AvgIpc) is 3.37. The number of hydrogen-bond donors (Lipinski definition) is 2. The molecule has 1 heterocycles. The summed E-state index contributed by atoms with van der Waals surface area (Å²) in [6.07, 6.45) is -1.38. The second-order valence-electron chi connectivity index (χ2n) is 8.20. The third-order valence-electron chi connectivity index (χ3n) is 5.73. The van der Waals surface area contributed by atoms with Gasteiger partial charge >= 0.3 is 12.1 Å². The zero-order valence-electron chi connectivity index (χ0n) is 18.9. The van der Waals surface area contributed by atoms with Gasteiger partial charge in [-0.25, -0.2) is 9.78 Å². The number of thiazole rings is 1. The molecule has 1 aliphatic carbocycles. The molecule has 2 amide bonds. The first kappa shape index (κ1) is 23.4. The third kappa shape index (κ3) is 5.09. The largest absolute Gasteiger partial charge is 0.481 e. The maximum Gasteiger partial charge on any atom is 0.407 e. The number of nitrogens with zero attached hydrogens (tertiary/aromatic N) is 2. The number of hydrogen-bond acceptors (Lipinski definition) is 6. The van der Waals surface area contributed by atoms with E-state index in [4.69, 9.17) is 4.74 Å². The first-order valence-electron chi connectivity index (χ1n) is 10.8. The van der Waals surface area contributed by atoms with Crippen molar-refractivity contribution in [2.24, 2.45) is 0 Å². The average molecular weight is 480 g/mol. The fraction of sp³-hybridized carbons (Fsp3) is 0.280. The fourth-order valence-corrected chi connectivity index (χ4v) is 5.00. The summed E-state index contributed by atoms with van der Waals surface area (Å²) in [5, 5.41) is 14.3. The van der Waals surface area contributed by atoms with Crippen molar-refractivity contribution >= 4 is 29.3 Å². The number of rotatable bonds is 8. The van der Waals surface area contributed by atoms with Crippen LogP contribution in [0.5, 0.6) is 0 Å². The summed E-state index contributed by atoms with van der Waals surface area (Å²) >= 11 is 1.41. The molecule has 176 valence electrons. The number of carbonyl (C=O) groups is 3. The minimum atomic E-state index is -1.25. The predicted molar refractivity (Wildman–Crippen MR) is 128 cm³/mol. The van der Waals surface area contributed by atoms with Crippen LogP contribution in [0.4, 0.5) is 4.79 Å². The molecule has 1 unspecified atom stereocenters. The summed E-state index contributed by atoms with van der Waals surface area (Å²) in [5.74, 6) is -1.86. The smallest absolute Gasteiger partial charge is 0.407 e. The first-order valence-corrected chi connectivity index (χ1v) is 11.7. The van der Waals surface area contributed by atoms with Gasteiger partial charge in [0, 0.05) is 24.0 Å². The van der Waals surface area contributed by atoms with Crippen molar-refractivity contribution in [2.75, 3.05) is 13.7 Å². The van der Waals surface area contributed by atoms with Crippen LogP contribution in [-0.2, 0) is 20.9 Å². The van der Waals surface area contributed by atoms with Crippen LogP contribution in [0.1, 0.15) is 34.2 Å². The fourth-order valence-electron chi connectivity index (χ4n) is 4.18. The summed E-state index contributed by atoms with van der Waals surface area (Å²) in [4.78, 5) is 42.5. The highest BCUT2D eigenvalue weighted by molar-refractivity contribution is 7.09. The zero-order chi connectivity index (χ0) is 24.2. The number of fused-ring (bicyclic) bond motifs is 3. The molecule has 1 atom stereocenters. The lowest BCUT2D eigenvalue weighted by Gasteiger charge is -2.23. The van der Waals surface area contributed by atoms with Gasteiger partial charge in [0.05, 0.1) is 13.0 Å². The maximum atomic E-state index is 12.9. The molecule has 2 aromatic carbocycles. The maximum absolute atomic E-state index is 12.9. The van der Waals surface area contributed by atoms with E-state index >= 15 is 0 Å². The molecule has 1 aliphatic rings. The van der Waals surface area contributed by atoms with Crippen LogP contribution < -0.4 is 5.32 Å². The number of ether oxygens (including phenoxy) is 1. The summed E-state index contributed by atoms with van der Waals surface area (Å²) in [7, 11) is 1.55. The zero-order valence-corrected chi connectivity index (χ0v) is 19.7. The Kier molecular flexibility index (Phi) is 6.93. The van der Waals surface area contributed by atoms with E-state index in [-0.39, 0.29) is 19.1 Å². The minimum absolute atomic E-state index is 0.0715. The highest BCUT2D eigenvalue weighted by atomic mass is 32.1. The lowest BCUT2D eigenvalue weighted by molar-refractivity contribution is -0.142. The van der Waals surface area contributed by atoms with Gasteiger partial charge in [-0.2, -0.15) is 0 Å². The van der Waals surface area contributed by atoms with E-state index in [0.717, 1.165) is 33.0 Å². The Bertz CT molecular complexity index is 1180. The molecule has 34 heavy (non-hydrogen) atoms. The molecular weight excluding hydrogens is 454 g/mol. The van der Waals surface area contributed by atoms with Crippen molar-refractivity contribution in [3.8, 4) is 11.1 Å². The Hall–Kier alpha value is -3.72. The van der Waals surface area contributed by atoms with E-state index in [9.17, 15) is 19.5 Å². The van der Waals surface area contributed by atoms with Crippen LogP contribution in [0.2, 0.25) is 0 Å². The van der Waals surface area contributed by atoms with E-state index in [1.165, 1.54) is 16.2 Å². The van der Waals surface area contributed by atoms with Crippen molar-refractivity contribution in [3.05, 3.63) is 75.7 Å². The lowest BCUT2D eigenvalue weighted by atomic mass is 9.98. The quantitative estimate of drug-likeness (QED) is 0.509. The second kappa shape index (κ2) is 10.0. The Morgan fingerprint density at radius 2 is 1.74 bits per heavy atom. The number of aliphatic carboxylic acids is 1. The van der Waals surface area contributed by atoms with Crippen molar-refractivity contribution in [2.45, 2.75) is 31.8 Å². The molecule has 0 saturated carbocycles. The minimum Gasteiger partial charge on any atom is -0.481 e. The van der Waals surface area contributed by atoms with Gasteiger partial charge in [-0.05, 0) is 29.2 Å². The van der Waals surface area contributed by atoms with Crippen LogP contribution in [0.3, 0.4) is 0 Å². The number of aromatic nitrogens is 1. The molecule has 0 fully saturated rings. The topological polar surface area (TPSA) is 109 Å². The van der Waals surface area contributed by atoms with Gasteiger partial charge in [0.25, 0.3) is 0 Å². The molecule has 3 aromatic rings. The summed E-state index contributed by atoms with van der Waals surface area (Å²) < 4.78 is 5.48. The molecule has 0 saturated heterocycles. The first-order chi connectivity index (χ1) is 16.3. The van der Waals surface area contributed by atoms with Gasteiger partial charge < -0.3 is 20.1 Å². The number of nitrogens with one attached hydrogen (secondary N) is 1. The van der Waals surface area contributed by atoms with Gasteiger partial charge in [0.1, 0.15) is 17.7 Å². The second-order valence-corrected chi connectivity index (χ2v) is 9.14. The number of carboxylic acid groups (broad SMARTS) is 1. The molecule has 1 aromatic heterocycles. The molecule has 8 nitrogen and oxygen atoms in total. The Morgan fingerprint density at radius 3 is 2.29 bits per heavy atom. The van der Waals surface area contributed by atoms with Crippen LogP contribution in [0.15, 0.2) is 53.9 Å². The van der Waals surface area contributed by atoms with Crippen LogP contribution in [-0.4, -0.2) is 52.7 Å². The lowest BCUT2D eigenvalue weighted by Crippen LogP contribution is -2.48.